The van der Waals surface area contributed by atoms with Gasteiger partial charge in [-0.1, -0.05) is 6.07 Å². The summed E-state index contributed by atoms with van der Waals surface area (Å²) in [7, 11) is 3.33. The van der Waals surface area contributed by atoms with Gasteiger partial charge in [-0.3, -0.25) is 0 Å². The predicted molar refractivity (Wildman–Crippen MR) is 127 cm³/mol. The number of benzene rings is 2. The molecule has 0 spiro atoms. The molecule has 0 bridgehead atoms. The van der Waals surface area contributed by atoms with Gasteiger partial charge >= 0.3 is 0 Å². The highest BCUT2D eigenvalue weighted by Gasteiger charge is 2.20. The van der Waals surface area contributed by atoms with Gasteiger partial charge in [-0.05, 0) is 65.8 Å². The molecule has 0 fully saturated rings. The van der Waals surface area contributed by atoms with E-state index in [1.165, 1.54) is 14.8 Å². The van der Waals surface area contributed by atoms with Crippen molar-refractivity contribution in [1.29, 1.82) is 0 Å². The van der Waals surface area contributed by atoms with Gasteiger partial charge in [0.05, 0.1) is 19.9 Å². The molecule has 30 heavy (non-hydrogen) atoms. The maximum atomic E-state index is 5.53. The third kappa shape index (κ3) is 4.61. The molecule has 1 aromatic heterocycles. The minimum atomic E-state index is 0.611. The molecular weight excluding hydrogens is 491 g/mol. The number of nitrogens with one attached hydrogen (secondary N) is 1. The van der Waals surface area contributed by atoms with E-state index in [9.17, 15) is 0 Å². The van der Waals surface area contributed by atoms with Crippen LogP contribution in [0.25, 0.3) is 0 Å². The van der Waals surface area contributed by atoms with Crippen molar-refractivity contribution in [1.82, 2.24) is 9.97 Å². The number of hydrogen-bond acceptors (Lipinski definition) is 6. The summed E-state index contributed by atoms with van der Waals surface area (Å²) < 4.78 is 12.1. The molecular formula is C23H25IN4O2. The summed E-state index contributed by atoms with van der Waals surface area (Å²) in [6, 6.07) is 14.5. The Morgan fingerprint density at radius 1 is 1.10 bits per heavy atom. The van der Waals surface area contributed by atoms with Gasteiger partial charge in [-0.25, -0.2) is 9.97 Å². The van der Waals surface area contributed by atoms with Crippen molar-refractivity contribution in [2.24, 2.45) is 0 Å². The number of rotatable bonds is 6. The maximum Gasteiger partial charge on any atom is 0.134 e. The zero-order valence-electron chi connectivity index (χ0n) is 17.2. The van der Waals surface area contributed by atoms with Crippen LogP contribution in [0.1, 0.15) is 23.2 Å². The lowest BCUT2D eigenvalue weighted by atomic mass is 10.1. The summed E-state index contributed by atoms with van der Waals surface area (Å²) >= 11 is 2.36. The molecule has 2 aromatic carbocycles. The maximum absolute atomic E-state index is 5.53. The Balaban J connectivity index is 1.58. The largest absolute Gasteiger partial charge is 0.497 e. The van der Waals surface area contributed by atoms with Gasteiger partial charge in [0.2, 0.25) is 0 Å². The fourth-order valence-corrected chi connectivity index (χ4v) is 4.29. The number of hydrogen-bond donors (Lipinski definition) is 1. The van der Waals surface area contributed by atoms with Gasteiger partial charge in [-0.15, -0.1) is 0 Å². The van der Waals surface area contributed by atoms with Crippen molar-refractivity contribution in [3.63, 3.8) is 0 Å². The van der Waals surface area contributed by atoms with Crippen molar-refractivity contribution >= 4 is 34.1 Å². The van der Waals surface area contributed by atoms with Crippen molar-refractivity contribution in [3.8, 4) is 11.5 Å². The fraction of sp³-hybridized carbons (Fsp3) is 0.304. The Bertz CT molecular complexity index is 1030. The second-order valence-electron chi connectivity index (χ2n) is 7.18. The smallest absolute Gasteiger partial charge is 0.134 e. The molecule has 0 aliphatic carbocycles. The van der Waals surface area contributed by atoms with E-state index in [0.29, 0.717) is 6.54 Å². The Kier molecular flexibility index (Phi) is 6.56. The van der Waals surface area contributed by atoms with E-state index < -0.39 is 0 Å². The molecule has 156 valence electrons. The quantitative estimate of drug-likeness (QED) is 0.481. The van der Waals surface area contributed by atoms with Crippen LogP contribution in [0.4, 0.5) is 11.5 Å². The SMILES string of the molecule is COc1ccc(CNc2ncnc3c2CN(c2cccc(I)c2)CCC3)c(OC)c1. The summed E-state index contributed by atoms with van der Waals surface area (Å²) in [5.74, 6) is 2.46. The Labute approximate surface area is 190 Å². The predicted octanol–water partition coefficient (Wildman–Crippen LogP) is 4.66. The highest BCUT2D eigenvalue weighted by molar-refractivity contribution is 14.1. The highest BCUT2D eigenvalue weighted by atomic mass is 127. The van der Waals surface area contributed by atoms with Crippen molar-refractivity contribution in [2.75, 3.05) is 31.0 Å². The van der Waals surface area contributed by atoms with Crippen molar-refractivity contribution in [3.05, 3.63) is 69.2 Å². The molecule has 0 radical (unpaired) electrons. The van der Waals surface area contributed by atoms with Crippen LogP contribution >= 0.6 is 22.6 Å². The van der Waals surface area contributed by atoms with Gasteiger partial charge < -0.3 is 19.7 Å². The number of anilines is 2. The van der Waals surface area contributed by atoms with Crippen LogP contribution in [0.15, 0.2) is 48.8 Å². The third-order valence-corrected chi connectivity index (χ3v) is 6.01. The lowest BCUT2D eigenvalue weighted by Crippen LogP contribution is -2.23. The van der Waals surface area contributed by atoms with E-state index in [4.69, 9.17) is 9.47 Å². The summed E-state index contributed by atoms with van der Waals surface area (Å²) in [4.78, 5) is 11.6. The van der Waals surface area contributed by atoms with E-state index in [1.807, 2.05) is 18.2 Å². The van der Waals surface area contributed by atoms with Gasteiger partial charge in [0.15, 0.2) is 0 Å². The standard InChI is InChI=1S/C23H25IN4O2/c1-29-19-9-8-16(22(12-19)30-2)13-25-23-20-14-28(18-6-3-5-17(24)11-18)10-4-7-21(20)26-15-27-23/h3,5-6,8-9,11-12,15H,4,7,10,13-14H2,1-2H3,(H,25,26,27). The van der Waals surface area contributed by atoms with Crippen LogP contribution in [0.2, 0.25) is 0 Å². The molecule has 0 saturated carbocycles. The molecule has 6 nitrogen and oxygen atoms in total. The summed E-state index contributed by atoms with van der Waals surface area (Å²) in [5, 5.41) is 3.51. The van der Waals surface area contributed by atoms with E-state index in [1.54, 1.807) is 20.5 Å². The average molecular weight is 516 g/mol. The third-order valence-electron chi connectivity index (χ3n) is 5.34. The fourth-order valence-electron chi connectivity index (χ4n) is 3.76. The summed E-state index contributed by atoms with van der Waals surface area (Å²) in [5.41, 5.74) is 4.58. The number of nitrogens with zero attached hydrogens (tertiary/aromatic N) is 3. The molecule has 0 unspecified atom stereocenters. The first kappa shape index (κ1) is 20.7. The topological polar surface area (TPSA) is 59.5 Å². The van der Waals surface area contributed by atoms with Gasteiger partial charge in [0.25, 0.3) is 0 Å². The first-order chi connectivity index (χ1) is 14.7. The first-order valence-electron chi connectivity index (χ1n) is 9.96. The molecule has 1 aliphatic heterocycles. The van der Waals surface area contributed by atoms with E-state index in [-0.39, 0.29) is 0 Å². The zero-order chi connectivity index (χ0) is 20.9. The van der Waals surface area contributed by atoms with E-state index in [0.717, 1.165) is 54.5 Å². The van der Waals surface area contributed by atoms with Crippen LogP contribution < -0.4 is 19.7 Å². The van der Waals surface area contributed by atoms with Crippen molar-refractivity contribution < 1.29 is 9.47 Å². The van der Waals surface area contributed by atoms with Crippen LogP contribution in [0, 0.1) is 3.57 Å². The number of aryl methyl sites for hydroxylation is 1. The molecule has 2 heterocycles. The first-order valence-corrected chi connectivity index (χ1v) is 11.0. The molecule has 1 N–H and O–H groups in total. The number of methoxy groups -OCH3 is 2. The number of aromatic nitrogens is 2. The van der Waals surface area contributed by atoms with Gasteiger partial charge in [0, 0.05) is 46.1 Å². The molecule has 1 aliphatic rings. The lowest BCUT2D eigenvalue weighted by Gasteiger charge is -2.24. The number of halogens is 1. The van der Waals surface area contributed by atoms with Gasteiger partial charge in [0.1, 0.15) is 23.6 Å². The summed E-state index contributed by atoms with van der Waals surface area (Å²) in [6.07, 6.45) is 3.69. The monoisotopic (exact) mass is 516 g/mol. The molecule has 3 aromatic rings. The lowest BCUT2D eigenvalue weighted by molar-refractivity contribution is 0.391. The second kappa shape index (κ2) is 9.51. The van der Waals surface area contributed by atoms with E-state index >= 15 is 0 Å². The Hall–Kier alpha value is -2.55. The average Bonchev–Trinajstić information content (AvgIpc) is 3.00. The minimum absolute atomic E-state index is 0.611. The Morgan fingerprint density at radius 2 is 2.00 bits per heavy atom. The molecule has 7 heteroatoms. The van der Waals surface area contributed by atoms with E-state index in [2.05, 4.69) is 67.0 Å². The van der Waals surface area contributed by atoms with Crippen LogP contribution in [0.5, 0.6) is 11.5 Å². The second-order valence-corrected chi connectivity index (χ2v) is 8.43. The highest BCUT2D eigenvalue weighted by Crippen LogP contribution is 2.29. The summed E-state index contributed by atoms with van der Waals surface area (Å²) in [6.45, 7) is 2.40. The Morgan fingerprint density at radius 3 is 2.80 bits per heavy atom. The molecule has 0 amide bonds. The molecule has 4 rings (SSSR count). The van der Waals surface area contributed by atoms with Crippen LogP contribution in [-0.2, 0) is 19.5 Å². The van der Waals surface area contributed by atoms with Crippen molar-refractivity contribution in [2.45, 2.75) is 25.9 Å². The van der Waals surface area contributed by atoms with Crippen LogP contribution in [0.3, 0.4) is 0 Å². The molecule has 0 saturated heterocycles. The number of ether oxygens (including phenoxy) is 2. The molecule has 0 atom stereocenters. The number of fused-ring (bicyclic) bond motifs is 1. The zero-order valence-corrected chi connectivity index (χ0v) is 19.3. The normalized spacial score (nSPS) is 13.4. The van der Waals surface area contributed by atoms with Gasteiger partial charge in [-0.2, -0.15) is 0 Å². The minimum Gasteiger partial charge on any atom is -0.497 e. The van der Waals surface area contributed by atoms with Crippen LogP contribution in [-0.4, -0.2) is 30.7 Å².